The molecule has 3 rings (SSSR count). The first-order valence-electron chi connectivity index (χ1n) is 8.84. The lowest BCUT2D eigenvalue weighted by Crippen LogP contribution is -2.39. The molecular formula is C20H24N2O3S. The summed E-state index contributed by atoms with van der Waals surface area (Å²) in [5, 5.41) is 2.83. The molecule has 0 radical (unpaired) electrons. The van der Waals surface area contributed by atoms with Crippen LogP contribution in [0.5, 0.6) is 0 Å². The van der Waals surface area contributed by atoms with Crippen LogP contribution in [0.3, 0.4) is 0 Å². The number of carbonyl (C=O) groups excluding carboxylic acids is 1. The average Bonchev–Trinajstić information content (AvgIpc) is 2.62. The highest BCUT2D eigenvalue weighted by molar-refractivity contribution is 7.89. The van der Waals surface area contributed by atoms with Gasteiger partial charge >= 0.3 is 0 Å². The number of amides is 1. The predicted molar refractivity (Wildman–Crippen MR) is 103 cm³/mol. The highest BCUT2D eigenvalue weighted by atomic mass is 32.2. The molecule has 1 fully saturated rings. The van der Waals surface area contributed by atoms with E-state index in [2.05, 4.69) is 12.2 Å². The van der Waals surface area contributed by atoms with Gasteiger partial charge in [-0.25, -0.2) is 8.42 Å². The van der Waals surface area contributed by atoms with E-state index in [-0.39, 0.29) is 10.8 Å². The Kier molecular flexibility index (Phi) is 5.44. The number of carbonyl (C=O) groups is 1. The van der Waals surface area contributed by atoms with E-state index in [1.807, 2.05) is 31.2 Å². The van der Waals surface area contributed by atoms with E-state index in [1.165, 1.54) is 12.1 Å². The molecule has 1 N–H and O–H groups in total. The van der Waals surface area contributed by atoms with Gasteiger partial charge in [0.1, 0.15) is 0 Å². The molecule has 0 bridgehead atoms. The van der Waals surface area contributed by atoms with E-state index in [0.717, 1.165) is 18.4 Å². The molecule has 26 heavy (non-hydrogen) atoms. The molecule has 138 valence electrons. The molecule has 1 heterocycles. The van der Waals surface area contributed by atoms with Crippen molar-refractivity contribution in [1.29, 1.82) is 0 Å². The van der Waals surface area contributed by atoms with E-state index in [9.17, 15) is 13.2 Å². The molecule has 1 aliphatic heterocycles. The highest BCUT2D eigenvalue weighted by Gasteiger charge is 2.28. The topological polar surface area (TPSA) is 66.5 Å². The van der Waals surface area contributed by atoms with Crippen LogP contribution >= 0.6 is 0 Å². The highest BCUT2D eigenvalue weighted by Crippen LogP contribution is 2.23. The van der Waals surface area contributed by atoms with Crippen molar-refractivity contribution in [2.75, 3.05) is 18.4 Å². The van der Waals surface area contributed by atoms with Crippen molar-refractivity contribution < 1.29 is 13.2 Å². The van der Waals surface area contributed by atoms with Gasteiger partial charge in [0, 0.05) is 24.3 Å². The maximum Gasteiger partial charge on any atom is 0.255 e. The van der Waals surface area contributed by atoms with Gasteiger partial charge in [-0.1, -0.05) is 19.1 Å². The zero-order valence-corrected chi connectivity index (χ0v) is 15.9. The minimum absolute atomic E-state index is 0.235. The number of benzene rings is 2. The molecule has 5 nitrogen and oxygen atoms in total. The number of anilines is 1. The first-order chi connectivity index (χ1) is 12.4. The molecule has 1 unspecified atom stereocenters. The van der Waals surface area contributed by atoms with E-state index in [1.54, 1.807) is 16.4 Å². The Morgan fingerprint density at radius 1 is 1.15 bits per heavy atom. The van der Waals surface area contributed by atoms with E-state index in [4.69, 9.17) is 0 Å². The van der Waals surface area contributed by atoms with Crippen molar-refractivity contribution in [1.82, 2.24) is 4.31 Å². The van der Waals surface area contributed by atoms with E-state index >= 15 is 0 Å². The third kappa shape index (κ3) is 4.14. The SMILES string of the molecule is Cc1cccc(NC(=O)c2ccc(S(=O)(=O)N3CCCC(C)C3)cc2)c1. The number of nitrogens with one attached hydrogen (secondary N) is 1. The first-order valence-corrected chi connectivity index (χ1v) is 10.3. The Bertz CT molecular complexity index is 892. The van der Waals surface area contributed by atoms with Gasteiger partial charge in [0.15, 0.2) is 0 Å². The predicted octanol–water partition coefficient (Wildman–Crippen LogP) is 3.67. The standard InChI is InChI=1S/C20H24N2O3S/c1-15-5-3-7-18(13-15)21-20(23)17-8-10-19(11-9-17)26(24,25)22-12-4-6-16(2)14-22/h3,5,7-11,13,16H,4,6,12,14H2,1-2H3,(H,21,23). The van der Waals surface area contributed by atoms with Crippen LogP contribution in [-0.2, 0) is 10.0 Å². The number of hydrogen-bond donors (Lipinski definition) is 1. The Morgan fingerprint density at radius 3 is 2.54 bits per heavy atom. The molecule has 1 aliphatic rings. The summed E-state index contributed by atoms with van der Waals surface area (Å²) in [5.74, 6) is 0.115. The zero-order valence-electron chi connectivity index (χ0n) is 15.1. The summed E-state index contributed by atoms with van der Waals surface area (Å²) in [6.07, 6.45) is 1.95. The minimum atomic E-state index is -3.50. The molecule has 2 aromatic carbocycles. The van der Waals surface area contributed by atoms with Gasteiger partial charge < -0.3 is 5.32 Å². The molecule has 6 heteroatoms. The van der Waals surface area contributed by atoms with Crippen molar-refractivity contribution in [3.05, 3.63) is 59.7 Å². The lowest BCUT2D eigenvalue weighted by atomic mass is 10.0. The monoisotopic (exact) mass is 372 g/mol. The molecule has 0 saturated carbocycles. The van der Waals surface area contributed by atoms with Crippen LogP contribution in [0.2, 0.25) is 0 Å². The molecule has 0 aliphatic carbocycles. The lowest BCUT2D eigenvalue weighted by Gasteiger charge is -2.30. The maximum atomic E-state index is 12.8. The van der Waals surface area contributed by atoms with Gasteiger partial charge in [0.25, 0.3) is 5.91 Å². The third-order valence-corrected chi connectivity index (χ3v) is 6.53. The lowest BCUT2D eigenvalue weighted by molar-refractivity contribution is 0.102. The summed E-state index contributed by atoms with van der Waals surface area (Å²) in [4.78, 5) is 12.6. The first kappa shape index (κ1) is 18.6. The van der Waals surface area contributed by atoms with Crippen LogP contribution in [0.4, 0.5) is 5.69 Å². The van der Waals surface area contributed by atoms with Crippen LogP contribution in [-0.4, -0.2) is 31.7 Å². The quantitative estimate of drug-likeness (QED) is 0.890. The summed E-state index contributed by atoms with van der Waals surface area (Å²) < 4.78 is 27.1. The largest absolute Gasteiger partial charge is 0.322 e. The number of rotatable bonds is 4. The third-order valence-electron chi connectivity index (χ3n) is 4.65. The summed E-state index contributed by atoms with van der Waals surface area (Å²) in [6, 6.07) is 13.7. The van der Waals surface area contributed by atoms with Crippen molar-refractivity contribution in [3.63, 3.8) is 0 Å². The Balaban J connectivity index is 1.74. The fraction of sp³-hybridized carbons (Fsp3) is 0.350. The fourth-order valence-electron chi connectivity index (χ4n) is 3.22. The Morgan fingerprint density at radius 2 is 1.88 bits per heavy atom. The number of sulfonamides is 1. The summed E-state index contributed by atoms with van der Waals surface area (Å²) in [6.45, 7) is 5.14. The van der Waals surface area contributed by atoms with Crippen LogP contribution in [0.25, 0.3) is 0 Å². The number of piperidine rings is 1. The van der Waals surface area contributed by atoms with Crippen LogP contribution in [0, 0.1) is 12.8 Å². The fourth-order valence-corrected chi connectivity index (χ4v) is 4.82. The molecular weight excluding hydrogens is 348 g/mol. The molecule has 0 spiro atoms. The Labute approximate surface area is 155 Å². The second-order valence-corrected chi connectivity index (χ2v) is 8.90. The van der Waals surface area contributed by atoms with Crippen molar-refractivity contribution in [3.8, 4) is 0 Å². The molecule has 1 saturated heterocycles. The maximum absolute atomic E-state index is 12.8. The van der Waals surface area contributed by atoms with Gasteiger partial charge in [0.05, 0.1) is 4.90 Å². The Hall–Kier alpha value is -2.18. The molecule has 2 aromatic rings. The summed E-state index contributed by atoms with van der Waals surface area (Å²) in [5.41, 5.74) is 2.20. The van der Waals surface area contributed by atoms with Gasteiger partial charge in [-0.15, -0.1) is 0 Å². The molecule has 0 aromatic heterocycles. The smallest absolute Gasteiger partial charge is 0.255 e. The van der Waals surface area contributed by atoms with Gasteiger partial charge in [-0.3, -0.25) is 4.79 Å². The van der Waals surface area contributed by atoms with Crippen LogP contribution in [0.1, 0.15) is 35.7 Å². The van der Waals surface area contributed by atoms with Crippen LogP contribution < -0.4 is 5.32 Å². The summed E-state index contributed by atoms with van der Waals surface area (Å²) in [7, 11) is -3.50. The van der Waals surface area contributed by atoms with Gasteiger partial charge in [0.2, 0.25) is 10.0 Å². The van der Waals surface area contributed by atoms with Crippen molar-refractivity contribution in [2.24, 2.45) is 5.92 Å². The average molecular weight is 372 g/mol. The minimum Gasteiger partial charge on any atom is -0.322 e. The van der Waals surface area contributed by atoms with Crippen molar-refractivity contribution in [2.45, 2.75) is 31.6 Å². The molecule has 1 amide bonds. The zero-order chi connectivity index (χ0) is 18.7. The number of hydrogen-bond acceptors (Lipinski definition) is 3. The van der Waals surface area contributed by atoms with Crippen molar-refractivity contribution >= 4 is 21.6 Å². The van der Waals surface area contributed by atoms with E-state index in [0.29, 0.717) is 30.3 Å². The number of aryl methyl sites for hydroxylation is 1. The van der Waals surface area contributed by atoms with Crippen LogP contribution in [0.15, 0.2) is 53.4 Å². The van der Waals surface area contributed by atoms with Gasteiger partial charge in [-0.2, -0.15) is 4.31 Å². The molecule has 1 atom stereocenters. The summed E-state index contributed by atoms with van der Waals surface area (Å²) >= 11 is 0. The van der Waals surface area contributed by atoms with Gasteiger partial charge in [-0.05, 0) is 67.6 Å². The normalized spacial score (nSPS) is 18.5. The van der Waals surface area contributed by atoms with E-state index < -0.39 is 10.0 Å². The second-order valence-electron chi connectivity index (χ2n) is 6.96. The number of nitrogens with zero attached hydrogens (tertiary/aromatic N) is 1. The second kappa shape index (κ2) is 7.60.